The zero-order chi connectivity index (χ0) is 18.9. The summed E-state index contributed by atoms with van der Waals surface area (Å²) in [4.78, 5) is 21.0. The van der Waals surface area contributed by atoms with Crippen LogP contribution < -0.4 is 15.0 Å². The summed E-state index contributed by atoms with van der Waals surface area (Å²) in [5, 5.41) is 3.37. The molecule has 27 heavy (non-hydrogen) atoms. The number of para-hydroxylation sites is 1. The Labute approximate surface area is 161 Å². The highest BCUT2D eigenvalue weighted by Gasteiger charge is 2.21. The van der Waals surface area contributed by atoms with Crippen LogP contribution in [-0.4, -0.2) is 62.2 Å². The zero-order valence-corrected chi connectivity index (χ0v) is 15.9. The second-order valence-electron chi connectivity index (χ2n) is 6.62. The number of hydrogen-bond acceptors (Lipinski definition) is 5. The number of nitrogens with zero attached hydrogens (tertiary/aromatic N) is 3. The number of rotatable bonds is 8. The van der Waals surface area contributed by atoms with Crippen LogP contribution >= 0.6 is 0 Å². The van der Waals surface area contributed by atoms with Crippen LogP contribution in [0.25, 0.3) is 0 Å². The van der Waals surface area contributed by atoms with Gasteiger partial charge in [0.1, 0.15) is 11.6 Å². The maximum atomic E-state index is 12.4. The average Bonchev–Trinajstić information content (AvgIpc) is 2.74. The van der Waals surface area contributed by atoms with Crippen LogP contribution in [0.4, 0.5) is 5.82 Å². The predicted octanol–water partition coefficient (Wildman–Crippen LogP) is 1.96. The van der Waals surface area contributed by atoms with Crippen LogP contribution in [0.5, 0.6) is 5.75 Å². The van der Waals surface area contributed by atoms with Crippen LogP contribution in [0.1, 0.15) is 12.0 Å². The minimum atomic E-state index is 0.223. The molecule has 2 aromatic rings. The molecule has 6 nitrogen and oxygen atoms in total. The van der Waals surface area contributed by atoms with Gasteiger partial charge in [0.25, 0.3) is 0 Å². The normalized spacial score (nSPS) is 14.3. The van der Waals surface area contributed by atoms with Gasteiger partial charge >= 0.3 is 0 Å². The Hall–Kier alpha value is -2.60. The molecule has 6 heteroatoms. The number of carbonyl (C=O) groups is 1. The van der Waals surface area contributed by atoms with Gasteiger partial charge in [-0.1, -0.05) is 24.3 Å². The number of anilines is 1. The zero-order valence-electron chi connectivity index (χ0n) is 15.9. The van der Waals surface area contributed by atoms with Gasteiger partial charge < -0.3 is 19.9 Å². The van der Waals surface area contributed by atoms with E-state index in [9.17, 15) is 4.79 Å². The molecule has 0 unspecified atom stereocenters. The first kappa shape index (κ1) is 19.2. The number of ether oxygens (including phenoxy) is 1. The Morgan fingerprint density at radius 1 is 1.07 bits per heavy atom. The van der Waals surface area contributed by atoms with Crippen molar-refractivity contribution in [2.24, 2.45) is 0 Å². The lowest BCUT2D eigenvalue weighted by Gasteiger charge is -2.35. The van der Waals surface area contributed by atoms with Crippen LogP contribution in [0.3, 0.4) is 0 Å². The predicted molar refractivity (Wildman–Crippen MR) is 107 cm³/mol. The van der Waals surface area contributed by atoms with Crippen LogP contribution in [0.2, 0.25) is 0 Å². The van der Waals surface area contributed by atoms with E-state index >= 15 is 0 Å². The summed E-state index contributed by atoms with van der Waals surface area (Å²) in [6, 6.07) is 14.0. The van der Waals surface area contributed by atoms with E-state index in [0.717, 1.165) is 50.7 Å². The van der Waals surface area contributed by atoms with Crippen molar-refractivity contribution in [3.05, 3.63) is 54.2 Å². The monoisotopic (exact) mass is 368 g/mol. The van der Waals surface area contributed by atoms with E-state index in [0.29, 0.717) is 13.0 Å². The highest BCUT2D eigenvalue weighted by Crippen LogP contribution is 2.17. The van der Waals surface area contributed by atoms with Crippen LogP contribution in [0.15, 0.2) is 48.7 Å². The summed E-state index contributed by atoms with van der Waals surface area (Å²) in [5.74, 6) is 2.13. The molecule has 1 aromatic heterocycles. The van der Waals surface area contributed by atoms with E-state index in [1.165, 1.54) is 5.56 Å². The Bertz CT molecular complexity index is 715. The molecular weight excluding hydrogens is 340 g/mol. The molecule has 1 N–H and O–H groups in total. The quantitative estimate of drug-likeness (QED) is 0.722. The summed E-state index contributed by atoms with van der Waals surface area (Å²) in [6.45, 7) is 4.73. The molecular formula is C21H28N4O2. The van der Waals surface area contributed by atoms with Crippen molar-refractivity contribution in [2.45, 2.75) is 12.8 Å². The third-order valence-corrected chi connectivity index (χ3v) is 4.88. The number of piperazine rings is 1. The summed E-state index contributed by atoms with van der Waals surface area (Å²) in [5.41, 5.74) is 1.18. The Morgan fingerprint density at radius 3 is 2.59 bits per heavy atom. The van der Waals surface area contributed by atoms with Crippen molar-refractivity contribution in [1.29, 1.82) is 0 Å². The molecule has 1 saturated heterocycles. The van der Waals surface area contributed by atoms with Gasteiger partial charge in [-0.2, -0.15) is 0 Å². The van der Waals surface area contributed by atoms with Crippen molar-refractivity contribution in [3.8, 4) is 5.75 Å². The SMILES string of the molecule is COc1ccccc1CCNCCC(=O)N1CCN(c2ccccn2)CC1. The Morgan fingerprint density at radius 2 is 1.85 bits per heavy atom. The molecule has 1 aliphatic heterocycles. The first-order valence-corrected chi connectivity index (χ1v) is 9.54. The van der Waals surface area contributed by atoms with Crippen LogP contribution in [-0.2, 0) is 11.2 Å². The smallest absolute Gasteiger partial charge is 0.223 e. The minimum Gasteiger partial charge on any atom is -0.496 e. The molecule has 1 aromatic carbocycles. The molecule has 0 radical (unpaired) electrons. The second-order valence-corrected chi connectivity index (χ2v) is 6.62. The fourth-order valence-electron chi connectivity index (χ4n) is 3.34. The topological polar surface area (TPSA) is 57.7 Å². The van der Waals surface area contributed by atoms with Crippen LogP contribution in [0, 0.1) is 0 Å². The van der Waals surface area contributed by atoms with Crippen molar-refractivity contribution in [3.63, 3.8) is 0 Å². The largest absolute Gasteiger partial charge is 0.496 e. The third-order valence-electron chi connectivity index (χ3n) is 4.88. The molecule has 3 rings (SSSR count). The van der Waals surface area contributed by atoms with Crippen molar-refractivity contribution < 1.29 is 9.53 Å². The van der Waals surface area contributed by atoms with Gasteiger partial charge in [0, 0.05) is 45.3 Å². The van der Waals surface area contributed by atoms with E-state index in [1.54, 1.807) is 7.11 Å². The lowest BCUT2D eigenvalue weighted by Crippen LogP contribution is -2.49. The standard InChI is InChI=1S/C21H28N4O2/c1-27-19-7-3-2-6-18(19)9-12-22-13-10-21(26)25-16-14-24(15-17-25)20-8-4-5-11-23-20/h2-8,11,22H,9-10,12-17H2,1H3. The molecule has 144 valence electrons. The van der Waals surface area contributed by atoms with Gasteiger partial charge in [-0.3, -0.25) is 4.79 Å². The van der Waals surface area contributed by atoms with Crippen molar-refractivity contribution in [1.82, 2.24) is 15.2 Å². The molecule has 2 heterocycles. The molecule has 0 spiro atoms. The van der Waals surface area contributed by atoms with E-state index in [2.05, 4.69) is 21.3 Å². The molecule has 0 saturated carbocycles. The molecule has 1 fully saturated rings. The summed E-state index contributed by atoms with van der Waals surface area (Å²) < 4.78 is 5.36. The number of benzene rings is 1. The van der Waals surface area contributed by atoms with Gasteiger partial charge in [-0.25, -0.2) is 4.98 Å². The van der Waals surface area contributed by atoms with Gasteiger partial charge in [0.05, 0.1) is 7.11 Å². The highest BCUT2D eigenvalue weighted by molar-refractivity contribution is 5.76. The lowest BCUT2D eigenvalue weighted by atomic mass is 10.1. The van der Waals surface area contributed by atoms with E-state index in [-0.39, 0.29) is 5.91 Å². The van der Waals surface area contributed by atoms with E-state index in [1.807, 2.05) is 47.5 Å². The number of nitrogens with one attached hydrogen (secondary N) is 1. The van der Waals surface area contributed by atoms with Gasteiger partial charge in [-0.05, 0) is 36.7 Å². The van der Waals surface area contributed by atoms with E-state index in [4.69, 9.17) is 4.74 Å². The van der Waals surface area contributed by atoms with Crippen molar-refractivity contribution in [2.75, 3.05) is 51.3 Å². The number of aromatic nitrogens is 1. The van der Waals surface area contributed by atoms with Gasteiger partial charge in [0.15, 0.2) is 0 Å². The Balaban J connectivity index is 1.33. The Kier molecular flexibility index (Phi) is 7.04. The number of hydrogen-bond donors (Lipinski definition) is 1. The maximum absolute atomic E-state index is 12.4. The maximum Gasteiger partial charge on any atom is 0.223 e. The summed E-state index contributed by atoms with van der Waals surface area (Å²) in [7, 11) is 1.69. The third kappa shape index (κ3) is 5.44. The van der Waals surface area contributed by atoms with Gasteiger partial charge in [-0.15, -0.1) is 0 Å². The second kappa shape index (κ2) is 9.92. The minimum absolute atomic E-state index is 0.223. The first-order chi connectivity index (χ1) is 13.3. The molecule has 0 atom stereocenters. The number of pyridine rings is 1. The van der Waals surface area contributed by atoms with Gasteiger partial charge in [0.2, 0.25) is 5.91 Å². The summed E-state index contributed by atoms with van der Waals surface area (Å²) in [6.07, 6.45) is 3.24. The molecule has 0 bridgehead atoms. The average molecular weight is 368 g/mol. The van der Waals surface area contributed by atoms with E-state index < -0.39 is 0 Å². The molecule has 1 aliphatic rings. The molecule has 0 aliphatic carbocycles. The number of carbonyl (C=O) groups excluding carboxylic acids is 1. The highest BCUT2D eigenvalue weighted by atomic mass is 16.5. The van der Waals surface area contributed by atoms with Crippen molar-refractivity contribution >= 4 is 11.7 Å². The number of amides is 1. The fourth-order valence-corrected chi connectivity index (χ4v) is 3.34. The fraction of sp³-hybridized carbons (Fsp3) is 0.429. The lowest BCUT2D eigenvalue weighted by molar-refractivity contribution is -0.131. The summed E-state index contributed by atoms with van der Waals surface area (Å²) >= 11 is 0. The number of methoxy groups -OCH3 is 1. The first-order valence-electron chi connectivity index (χ1n) is 9.54. The molecule has 1 amide bonds.